The number of ether oxygens (including phenoxy) is 2. The molecule has 1 saturated heterocycles. The van der Waals surface area contributed by atoms with Crippen LogP contribution in [-0.4, -0.2) is 129 Å². The maximum atomic E-state index is 14.3. The Hall–Kier alpha value is -3.71. The molecule has 14 heteroatoms. The van der Waals surface area contributed by atoms with Crippen LogP contribution in [0.5, 0.6) is 0 Å². The maximum Gasteiger partial charge on any atom is 0.245 e. The van der Waals surface area contributed by atoms with Crippen LogP contribution in [0.25, 0.3) is 10.4 Å². The van der Waals surface area contributed by atoms with Crippen LogP contribution in [0, 0.1) is 17.8 Å². The summed E-state index contributed by atoms with van der Waals surface area (Å²) in [4.78, 5) is 63.1. The topological polar surface area (TPSA) is 169 Å². The van der Waals surface area contributed by atoms with Crippen molar-refractivity contribution in [3.05, 3.63) is 46.3 Å². The number of hydrogen-bond acceptors (Lipinski definition) is 8. The molecule has 1 heterocycles. The zero-order valence-electron chi connectivity index (χ0n) is 33.2. The molecular weight excluding hydrogens is 664 g/mol. The van der Waals surface area contributed by atoms with E-state index in [1.165, 1.54) is 12.0 Å². The van der Waals surface area contributed by atoms with Crippen LogP contribution in [0.1, 0.15) is 72.8 Å². The molecule has 0 aliphatic carbocycles. The number of rotatable bonds is 21. The lowest BCUT2D eigenvalue weighted by atomic mass is 9.89. The molecule has 1 aliphatic rings. The van der Waals surface area contributed by atoms with Gasteiger partial charge in [-0.15, -0.1) is 0 Å². The Kier molecular flexibility index (Phi) is 18.6. The first-order chi connectivity index (χ1) is 24.6. The van der Waals surface area contributed by atoms with Gasteiger partial charge in [-0.2, -0.15) is 0 Å². The van der Waals surface area contributed by atoms with Gasteiger partial charge in [0.05, 0.1) is 48.7 Å². The Morgan fingerprint density at radius 2 is 1.67 bits per heavy atom. The number of carbonyl (C=O) groups excluding carboxylic acids is 4. The summed E-state index contributed by atoms with van der Waals surface area (Å²) < 4.78 is 11.9. The van der Waals surface area contributed by atoms with E-state index in [0.29, 0.717) is 32.4 Å². The Bertz CT molecular complexity index is 1330. The summed E-state index contributed by atoms with van der Waals surface area (Å²) in [7, 11) is 8.34. The lowest BCUT2D eigenvalue weighted by Gasteiger charge is -2.41. The molecule has 1 aromatic carbocycles. The average molecular weight is 729 g/mol. The van der Waals surface area contributed by atoms with Gasteiger partial charge in [-0.05, 0) is 56.3 Å². The summed E-state index contributed by atoms with van der Waals surface area (Å²) in [5.41, 5.74) is 10.4. The molecule has 0 radical (unpaired) electrons. The van der Waals surface area contributed by atoms with Crippen molar-refractivity contribution in [1.82, 2.24) is 25.3 Å². The second-order valence-corrected chi connectivity index (χ2v) is 14.7. The minimum Gasteiger partial charge on any atom is -0.379 e. The van der Waals surface area contributed by atoms with Gasteiger partial charge in [0.25, 0.3) is 0 Å². The van der Waals surface area contributed by atoms with Crippen molar-refractivity contribution in [2.75, 3.05) is 48.5 Å². The van der Waals surface area contributed by atoms with E-state index < -0.39 is 48.2 Å². The largest absolute Gasteiger partial charge is 0.379 e. The number of nitrogens with zero attached hydrogens (tertiary/aromatic N) is 6. The van der Waals surface area contributed by atoms with E-state index in [4.69, 9.17) is 9.47 Å². The summed E-state index contributed by atoms with van der Waals surface area (Å²) >= 11 is 0. The van der Waals surface area contributed by atoms with E-state index in [2.05, 4.69) is 20.7 Å². The highest BCUT2D eigenvalue weighted by atomic mass is 16.5. The van der Waals surface area contributed by atoms with E-state index in [1.807, 2.05) is 65.0 Å². The molecule has 1 fully saturated rings. The zero-order chi connectivity index (χ0) is 39.1. The predicted octanol–water partition coefficient (Wildman–Crippen LogP) is 4.04. The van der Waals surface area contributed by atoms with Crippen molar-refractivity contribution >= 4 is 23.6 Å². The van der Waals surface area contributed by atoms with Gasteiger partial charge >= 0.3 is 0 Å². The van der Waals surface area contributed by atoms with Gasteiger partial charge in [0.15, 0.2) is 0 Å². The van der Waals surface area contributed by atoms with Crippen molar-refractivity contribution in [3.63, 3.8) is 0 Å². The van der Waals surface area contributed by atoms with Crippen LogP contribution in [-0.2, 0) is 35.1 Å². The quantitative estimate of drug-likeness (QED) is 0.109. The fraction of sp³-hybridized carbons (Fsp3) is 0.737. The van der Waals surface area contributed by atoms with Crippen LogP contribution in [0.3, 0.4) is 0 Å². The van der Waals surface area contributed by atoms with Gasteiger partial charge in [0, 0.05) is 39.3 Å². The number of amides is 4. The zero-order valence-corrected chi connectivity index (χ0v) is 33.2. The summed E-state index contributed by atoms with van der Waals surface area (Å²) in [6.07, 6.45) is 1.66. The molecule has 0 saturated carbocycles. The summed E-state index contributed by atoms with van der Waals surface area (Å²) in [5, 5.41) is 9.68. The highest BCUT2D eigenvalue weighted by Crippen LogP contribution is 2.29. The number of nitrogens with one attached hydrogen (secondary N) is 2. The fourth-order valence-corrected chi connectivity index (χ4v) is 7.57. The number of azide groups is 1. The van der Waals surface area contributed by atoms with E-state index >= 15 is 0 Å². The lowest BCUT2D eigenvalue weighted by molar-refractivity contribution is -0.147. The van der Waals surface area contributed by atoms with Crippen molar-refractivity contribution < 1.29 is 28.7 Å². The van der Waals surface area contributed by atoms with Gasteiger partial charge < -0.3 is 29.9 Å². The first-order valence-electron chi connectivity index (χ1n) is 18.6. The molecule has 0 unspecified atom stereocenters. The predicted molar refractivity (Wildman–Crippen MR) is 202 cm³/mol. The second kappa shape index (κ2) is 21.7. The minimum atomic E-state index is -1.14. The molecule has 292 valence electrons. The van der Waals surface area contributed by atoms with E-state index in [-0.39, 0.29) is 42.0 Å². The third-order valence-electron chi connectivity index (χ3n) is 10.6. The maximum absolute atomic E-state index is 14.3. The Morgan fingerprint density at radius 3 is 2.21 bits per heavy atom. The van der Waals surface area contributed by atoms with Crippen LogP contribution < -0.4 is 10.6 Å². The Balaban J connectivity index is 2.27. The van der Waals surface area contributed by atoms with Crippen LogP contribution in [0.2, 0.25) is 0 Å². The van der Waals surface area contributed by atoms with Gasteiger partial charge in [-0.25, -0.2) is 0 Å². The highest BCUT2D eigenvalue weighted by Gasteiger charge is 2.43. The number of likely N-dealkylation sites (N-methyl/N-ethyl adjacent to an activating group) is 2. The first kappa shape index (κ1) is 44.5. The second-order valence-electron chi connectivity index (χ2n) is 14.7. The summed E-state index contributed by atoms with van der Waals surface area (Å²) in [5.74, 6) is -1.71. The van der Waals surface area contributed by atoms with E-state index in [1.54, 1.807) is 45.0 Å². The molecule has 4 amide bonds. The number of benzene rings is 1. The average Bonchev–Trinajstić information content (AvgIpc) is 3.59. The molecule has 2 rings (SSSR count). The third kappa shape index (κ3) is 11.9. The number of hydrogen-bond donors (Lipinski definition) is 2. The normalized spacial score (nSPS) is 19.1. The van der Waals surface area contributed by atoms with Crippen molar-refractivity contribution in [1.29, 1.82) is 0 Å². The molecule has 1 aromatic rings. The van der Waals surface area contributed by atoms with Crippen molar-refractivity contribution in [2.24, 2.45) is 22.9 Å². The monoisotopic (exact) mass is 728 g/mol. The molecule has 1 aliphatic heterocycles. The van der Waals surface area contributed by atoms with Gasteiger partial charge in [-0.1, -0.05) is 83.4 Å². The van der Waals surface area contributed by atoms with Gasteiger partial charge in [0.1, 0.15) is 6.04 Å². The standard InChI is InChI=1S/C38H64N8O6/c1-12-25(4)34(45(9)38(50)32(27(6)42-43-39)41-37(49)33(24(2)3)44(7)8)30(51-10)23-31(47)46-22-16-19-29(46)35(52-11)26(5)36(48)40-21-20-28-17-14-13-15-18-28/h13-15,17-18,24-27,29-30,32-35H,12,16,19-23H2,1-11H3,(H,40,48)(H,41,49)/t25-,26+,27-,29-,30+,32-,33-,34-,35+/m0/s1. The summed E-state index contributed by atoms with van der Waals surface area (Å²) in [6, 6.07) is 6.56. The molecule has 0 aromatic heterocycles. The third-order valence-corrected chi connectivity index (χ3v) is 10.6. The molecule has 14 nitrogen and oxygen atoms in total. The van der Waals surface area contributed by atoms with Crippen molar-refractivity contribution in [2.45, 2.75) is 116 Å². The molecule has 52 heavy (non-hydrogen) atoms. The van der Waals surface area contributed by atoms with Gasteiger partial charge in [0.2, 0.25) is 23.6 Å². The van der Waals surface area contributed by atoms with Crippen LogP contribution in [0.4, 0.5) is 0 Å². The highest BCUT2D eigenvalue weighted by molar-refractivity contribution is 5.90. The number of carbonyl (C=O) groups is 4. The Labute approximate surface area is 310 Å². The van der Waals surface area contributed by atoms with Crippen molar-refractivity contribution in [3.8, 4) is 0 Å². The van der Waals surface area contributed by atoms with E-state index in [9.17, 15) is 24.7 Å². The first-order valence-corrected chi connectivity index (χ1v) is 18.6. The lowest BCUT2D eigenvalue weighted by Crippen LogP contribution is -2.60. The fourth-order valence-electron chi connectivity index (χ4n) is 7.57. The van der Waals surface area contributed by atoms with Crippen LogP contribution >= 0.6 is 0 Å². The molecule has 0 spiro atoms. The molecule has 9 atom stereocenters. The van der Waals surface area contributed by atoms with Crippen LogP contribution in [0.15, 0.2) is 35.4 Å². The summed E-state index contributed by atoms with van der Waals surface area (Å²) in [6.45, 7) is 12.3. The smallest absolute Gasteiger partial charge is 0.245 e. The molecule has 2 N–H and O–H groups in total. The number of likely N-dealkylation sites (tertiary alicyclic amines) is 1. The minimum absolute atomic E-state index is 0.00725. The van der Waals surface area contributed by atoms with E-state index in [0.717, 1.165) is 12.0 Å². The molecular formula is C38H64N8O6. The SMILES string of the molecule is CC[C@H](C)[C@@H]([C@@H](CC(=O)N1CCC[C@H]1[C@H](OC)[C@@H](C)C(=O)NCCc1ccccc1)OC)N(C)C(=O)[C@@H](NC(=O)[C@H](C(C)C)N(C)C)[C@H](C)N=[N+]=[N-]. The van der Waals surface area contributed by atoms with Gasteiger partial charge in [-0.3, -0.25) is 24.1 Å². The molecule has 0 bridgehead atoms. The Morgan fingerprint density at radius 1 is 1.02 bits per heavy atom. The number of methoxy groups -OCH3 is 2.